The van der Waals surface area contributed by atoms with E-state index in [1.807, 2.05) is 37.3 Å². The van der Waals surface area contributed by atoms with Gasteiger partial charge in [-0.2, -0.15) is 0 Å². The smallest absolute Gasteiger partial charge is 0.325 e. The maximum absolute atomic E-state index is 11.9. The van der Waals surface area contributed by atoms with Gasteiger partial charge in [-0.3, -0.25) is 9.59 Å². The Labute approximate surface area is 235 Å². The van der Waals surface area contributed by atoms with E-state index in [4.69, 9.17) is 10.5 Å². The van der Waals surface area contributed by atoms with Crippen LogP contribution in [0, 0.1) is 0 Å². The van der Waals surface area contributed by atoms with Crippen LogP contribution in [0.2, 0.25) is 0 Å². The number of amides is 1. The number of hydrogen-bond donors (Lipinski definition) is 2. The van der Waals surface area contributed by atoms with Gasteiger partial charge in [0.15, 0.2) is 0 Å². The molecule has 220 valence electrons. The molecule has 5 heteroatoms. The molecule has 0 aliphatic rings. The number of esters is 1. The van der Waals surface area contributed by atoms with Crippen LogP contribution in [-0.4, -0.2) is 30.6 Å². The molecule has 1 aromatic carbocycles. The molecule has 5 nitrogen and oxygen atoms in total. The van der Waals surface area contributed by atoms with Crippen molar-refractivity contribution in [2.75, 3.05) is 13.2 Å². The van der Waals surface area contributed by atoms with Gasteiger partial charge in [-0.15, -0.1) is 0 Å². The minimum atomic E-state index is -0.852. The lowest BCUT2D eigenvalue weighted by molar-refractivity contribution is -0.148. The maximum atomic E-state index is 11.9. The zero-order chi connectivity index (χ0) is 28.3. The summed E-state index contributed by atoms with van der Waals surface area (Å²) < 4.78 is 4.79. The summed E-state index contributed by atoms with van der Waals surface area (Å²) in [6, 6.07) is 9.97. The lowest BCUT2D eigenvalue weighted by Crippen LogP contribution is -2.42. The van der Waals surface area contributed by atoms with Crippen LogP contribution in [0.15, 0.2) is 30.3 Å². The molecule has 0 bridgehead atoms. The summed E-state index contributed by atoms with van der Waals surface area (Å²) in [5.74, 6) is -0.193. The molecule has 0 unspecified atom stereocenters. The highest BCUT2D eigenvalue weighted by Crippen LogP contribution is 2.13. The lowest BCUT2D eigenvalue weighted by atomic mass is 10.0. The highest BCUT2D eigenvalue weighted by molar-refractivity contribution is 5.79. The van der Waals surface area contributed by atoms with Crippen molar-refractivity contribution in [3.63, 3.8) is 0 Å². The SMILES string of the molecule is CCCCCCCCCCCCCCCCCCNC(=O)Cc1ccccc1.CCCOC(=O)C(C)(C)N. The molecule has 1 rings (SSSR count). The van der Waals surface area contributed by atoms with Gasteiger partial charge in [-0.05, 0) is 32.3 Å². The molecule has 0 aromatic heterocycles. The van der Waals surface area contributed by atoms with Crippen LogP contribution in [0.5, 0.6) is 0 Å². The molecule has 0 fully saturated rings. The lowest BCUT2D eigenvalue weighted by Gasteiger charge is -2.15. The van der Waals surface area contributed by atoms with Gasteiger partial charge in [0.25, 0.3) is 0 Å². The van der Waals surface area contributed by atoms with E-state index >= 15 is 0 Å². The maximum Gasteiger partial charge on any atom is 0.325 e. The monoisotopic (exact) mass is 532 g/mol. The summed E-state index contributed by atoms with van der Waals surface area (Å²) in [5.41, 5.74) is 5.68. The molecular formula is C33H60N2O3. The van der Waals surface area contributed by atoms with Gasteiger partial charge in [0, 0.05) is 6.54 Å². The Hall–Kier alpha value is -1.88. The van der Waals surface area contributed by atoms with Crippen LogP contribution < -0.4 is 11.1 Å². The predicted molar refractivity (Wildman–Crippen MR) is 162 cm³/mol. The molecule has 0 radical (unpaired) electrons. The molecule has 3 N–H and O–H groups in total. The number of nitrogens with two attached hydrogens (primary N) is 1. The third kappa shape index (κ3) is 24.5. The van der Waals surface area contributed by atoms with Crippen molar-refractivity contribution in [1.29, 1.82) is 0 Å². The number of benzene rings is 1. The van der Waals surface area contributed by atoms with Crippen LogP contribution in [0.25, 0.3) is 0 Å². The standard InChI is InChI=1S/C26H45NO.C7H15NO2/c1-2-3-4-5-6-7-8-9-10-11-12-13-14-15-16-20-23-27-26(28)24-25-21-18-17-19-22-25;1-4-5-10-6(9)7(2,3)8/h17-19,21-22H,2-16,20,23-24H2,1H3,(H,27,28);4-5,8H2,1-3H3. The van der Waals surface area contributed by atoms with E-state index in [0.717, 1.165) is 24.9 Å². The third-order valence-corrected chi connectivity index (χ3v) is 6.52. The second-order valence-electron chi connectivity index (χ2n) is 11.2. The fourth-order valence-electron chi connectivity index (χ4n) is 4.13. The van der Waals surface area contributed by atoms with Crippen molar-refractivity contribution in [1.82, 2.24) is 5.32 Å². The number of unbranched alkanes of at least 4 members (excludes halogenated alkanes) is 15. The van der Waals surface area contributed by atoms with Crippen molar-refractivity contribution in [2.45, 2.75) is 149 Å². The number of rotatable bonds is 22. The van der Waals surface area contributed by atoms with E-state index in [2.05, 4.69) is 12.2 Å². The molecule has 0 aliphatic heterocycles. The predicted octanol–water partition coefficient (Wildman–Crippen LogP) is 8.28. The molecule has 0 heterocycles. The molecule has 1 aromatic rings. The molecular weight excluding hydrogens is 472 g/mol. The van der Waals surface area contributed by atoms with Gasteiger partial charge >= 0.3 is 5.97 Å². The van der Waals surface area contributed by atoms with Crippen LogP contribution in [0.3, 0.4) is 0 Å². The van der Waals surface area contributed by atoms with Crippen LogP contribution in [-0.2, 0) is 20.7 Å². The van der Waals surface area contributed by atoms with Crippen molar-refractivity contribution in [2.24, 2.45) is 5.73 Å². The summed E-state index contributed by atoms with van der Waals surface area (Å²) in [4.78, 5) is 22.7. The van der Waals surface area contributed by atoms with Gasteiger partial charge in [0.2, 0.25) is 5.91 Å². The normalized spacial score (nSPS) is 11.0. The van der Waals surface area contributed by atoms with E-state index in [9.17, 15) is 9.59 Å². The van der Waals surface area contributed by atoms with Crippen LogP contribution >= 0.6 is 0 Å². The average molecular weight is 533 g/mol. The first kappa shape index (κ1) is 36.1. The van der Waals surface area contributed by atoms with E-state index < -0.39 is 5.54 Å². The first-order valence-corrected chi connectivity index (χ1v) is 15.6. The van der Waals surface area contributed by atoms with Gasteiger partial charge in [0.05, 0.1) is 13.0 Å². The summed E-state index contributed by atoms with van der Waals surface area (Å²) in [6.45, 7) is 8.77. The molecule has 0 saturated heterocycles. The fraction of sp³-hybridized carbons (Fsp3) is 0.758. The zero-order valence-electron chi connectivity index (χ0n) is 25.3. The Kier molecular flexibility index (Phi) is 24.1. The molecule has 0 spiro atoms. The first-order chi connectivity index (χ1) is 18.3. The summed E-state index contributed by atoms with van der Waals surface area (Å²) in [7, 11) is 0. The Bertz CT molecular complexity index is 671. The summed E-state index contributed by atoms with van der Waals surface area (Å²) in [5, 5.41) is 3.04. The Morgan fingerprint density at radius 1 is 0.711 bits per heavy atom. The van der Waals surface area contributed by atoms with E-state index in [1.165, 1.54) is 96.3 Å². The number of nitrogens with one attached hydrogen (secondary N) is 1. The van der Waals surface area contributed by atoms with Crippen LogP contribution in [0.4, 0.5) is 0 Å². The molecule has 0 aliphatic carbocycles. The van der Waals surface area contributed by atoms with E-state index in [-0.39, 0.29) is 11.9 Å². The Balaban J connectivity index is 0.00000115. The van der Waals surface area contributed by atoms with Crippen molar-refractivity contribution in [3.05, 3.63) is 35.9 Å². The molecule has 1 amide bonds. The summed E-state index contributed by atoms with van der Waals surface area (Å²) >= 11 is 0. The zero-order valence-corrected chi connectivity index (χ0v) is 25.3. The largest absolute Gasteiger partial charge is 0.464 e. The van der Waals surface area contributed by atoms with Crippen molar-refractivity contribution < 1.29 is 14.3 Å². The number of carbonyl (C=O) groups is 2. The quantitative estimate of drug-likeness (QED) is 0.116. The fourth-order valence-corrected chi connectivity index (χ4v) is 4.13. The summed E-state index contributed by atoms with van der Waals surface area (Å²) in [6.07, 6.45) is 23.5. The first-order valence-electron chi connectivity index (χ1n) is 15.6. The minimum absolute atomic E-state index is 0.146. The molecule has 0 saturated carbocycles. The highest BCUT2D eigenvalue weighted by atomic mass is 16.5. The third-order valence-electron chi connectivity index (χ3n) is 6.52. The second kappa shape index (κ2) is 25.4. The van der Waals surface area contributed by atoms with Gasteiger partial charge in [-0.1, -0.05) is 140 Å². The Morgan fingerprint density at radius 3 is 1.58 bits per heavy atom. The molecule has 0 atom stereocenters. The van der Waals surface area contributed by atoms with E-state index in [0.29, 0.717) is 13.0 Å². The topological polar surface area (TPSA) is 81.4 Å². The average Bonchev–Trinajstić information content (AvgIpc) is 2.89. The van der Waals surface area contributed by atoms with Crippen molar-refractivity contribution >= 4 is 11.9 Å². The number of ether oxygens (including phenoxy) is 1. The van der Waals surface area contributed by atoms with Gasteiger partial charge < -0.3 is 15.8 Å². The number of hydrogen-bond acceptors (Lipinski definition) is 4. The van der Waals surface area contributed by atoms with E-state index in [1.54, 1.807) is 13.8 Å². The molecule has 38 heavy (non-hydrogen) atoms. The minimum Gasteiger partial charge on any atom is -0.464 e. The number of carbonyl (C=O) groups excluding carboxylic acids is 2. The van der Waals surface area contributed by atoms with Crippen LogP contribution in [0.1, 0.15) is 142 Å². The van der Waals surface area contributed by atoms with Gasteiger partial charge in [0.1, 0.15) is 5.54 Å². The highest BCUT2D eigenvalue weighted by Gasteiger charge is 2.22. The van der Waals surface area contributed by atoms with Crippen molar-refractivity contribution in [3.8, 4) is 0 Å². The Morgan fingerprint density at radius 2 is 1.16 bits per heavy atom. The van der Waals surface area contributed by atoms with Gasteiger partial charge in [-0.25, -0.2) is 0 Å². The second-order valence-corrected chi connectivity index (χ2v) is 11.2.